The predicted octanol–water partition coefficient (Wildman–Crippen LogP) is 1.73. The van der Waals surface area contributed by atoms with Crippen LogP contribution < -0.4 is 5.32 Å². The van der Waals surface area contributed by atoms with Gasteiger partial charge in [-0.15, -0.1) is 0 Å². The summed E-state index contributed by atoms with van der Waals surface area (Å²) < 4.78 is 5.51. The lowest BCUT2D eigenvalue weighted by Crippen LogP contribution is -2.44. The van der Waals surface area contributed by atoms with E-state index in [9.17, 15) is 0 Å². The van der Waals surface area contributed by atoms with Gasteiger partial charge in [0.2, 0.25) is 0 Å². The zero-order chi connectivity index (χ0) is 12.1. The zero-order valence-corrected chi connectivity index (χ0v) is 11.5. The van der Waals surface area contributed by atoms with Gasteiger partial charge in [0.05, 0.1) is 6.61 Å². The molecule has 2 aliphatic rings. The third-order valence-corrected chi connectivity index (χ3v) is 4.47. The Morgan fingerprint density at radius 2 is 2.18 bits per heavy atom. The summed E-state index contributed by atoms with van der Waals surface area (Å²) in [6.45, 7) is 8.08. The zero-order valence-electron chi connectivity index (χ0n) is 11.5. The minimum atomic E-state index is 0.617. The maximum atomic E-state index is 5.51. The number of likely N-dealkylation sites (tertiary alicyclic amines) is 1. The molecule has 0 bridgehead atoms. The first kappa shape index (κ1) is 13.3. The fourth-order valence-corrected chi connectivity index (χ4v) is 3.13. The molecule has 3 nitrogen and oxygen atoms in total. The highest BCUT2D eigenvalue weighted by atomic mass is 16.5. The van der Waals surface area contributed by atoms with Gasteiger partial charge in [0.1, 0.15) is 0 Å². The van der Waals surface area contributed by atoms with Gasteiger partial charge in [-0.1, -0.05) is 6.92 Å². The molecular weight excluding hydrogens is 212 g/mol. The van der Waals surface area contributed by atoms with E-state index in [0.29, 0.717) is 6.04 Å². The average molecular weight is 240 g/mol. The molecule has 0 aliphatic carbocycles. The number of nitrogens with zero attached hydrogens (tertiary/aromatic N) is 1. The summed E-state index contributed by atoms with van der Waals surface area (Å²) >= 11 is 0. The molecule has 0 radical (unpaired) electrons. The van der Waals surface area contributed by atoms with Crippen LogP contribution in [0.5, 0.6) is 0 Å². The number of ether oxygens (including phenoxy) is 1. The Balaban J connectivity index is 1.80. The lowest BCUT2D eigenvalue weighted by Gasteiger charge is -2.29. The quantitative estimate of drug-likeness (QED) is 0.810. The van der Waals surface area contributed by atoms with Crippen LogP contribution in [0.2, 0.25) is 0 Å². The molecule has 100 valence electrons. The van der Waals surface area contributed by atoms with E-state index < -0.39 is 0 Å². The highest BCUT2D eigenvalue weighted by Gasteiger charge is 2.26. The number of nitrogens with one attached hydrogen (secondary N) is 1. The summed E-state index contributed by atoms with van der Waals surface area (Å²) in [5.41, 5.74) is 0. The van der Waals surface area contributed by atoms with E-state index in [0.717, 1.165) is 25.0 Å². The average Bonchev–Trinajstić information content (AvgIpc) is 2.78. The molecule has 2 aliphatic heterocycles. The van der Waals surface area contributed by atoms with Crippen molar-refractivity contribution in [3.8, 4) is 0 Å². The van der Waals surface area contributed by atoms with Gasteiger partial charge in [-0.3, -0.25) is 0 Å². The van der Waals surface area contributed by atoms with Crippen LogP contribution in [0.15, 0.2) is 0 Å². The Hall–Kier alpha value is -0.120. The van der Waals surface area contributed by atoms with Crippen molar-refractivity contribution in [2.24, 2.45) is 11.8 Å². The van der Waals surface area contributed by atoms with Crippen LogP contribution in [0.25, 0.3) is 0 Å². The fraction of sp³-hybridized carbons (Fsp3) is 1.00. The van der Waals surface area contributed by atoms with E-state index in [1.54, 1.807) is 0 Å². The van der Waals surface area contributed by atoms with Gasteiger partial charge in [-0.05, 0) is 51.7 Å². The topological polar surface area (TPSA) is 24.5 Å². The molecule has 2 heterocycles. The van der Waals surface area contributed by atoms with Crippen LogP contribution in [0.4, 0.5) is 0 Å². The maximum Gasteiger partial charge on any atom is 0.0510 e. The molecule has 0 spiro atoms. The van der Waals surface area contributed by atoms with Crippen LogP contribution in [0.3, 0.4) is 0 Å². The van der Waals surface area contributed by atoms with Crippen molar-refractivity contribution in [1.29, 1.82) is 0 Å². The second kappa shape index (κ2) is 6.72. The molecule has 0 aromatic carbocycles. The molecule has 1 N–H and O–H groups in total. The fourth-order valence-electron chi connectivity index (χ4n) is 3.13. The Morgan fingerprint density at radius 1 is 1.29 bits per heavy atom. The van der Waals surface area contributed by atoms with Crippen LogP contribution in [0.1, 0.15) is 32.6 Å². The molecule has 3 atom stereocenters. The summed E-state index contributed by atoms with van der Waals surface area (Å²) in [4.78, 5) is 2.66. The van der Waals surface area contributed by atoms with Crippen molar-refractivity contribution in [1.82, 2.24) is 10.2 Å². The van der Waals surface area contributed by atoms with Crippen molar-refractivity contribution in [3.05, 3.63) is 0 Å². The van der Waals surface area contributed by atoms with Gasteiger partial charge in [0, 0.05) is 25.1 Å². The third kappa shape index (κ3) is 3.94. The van der Waals surface area contributed by atoms with E-state index in [1.165, 1.54) is 45.3 Å². The standard InChI is InChI=1S/C14H28N2O/c1-12-4-3-7-16(8-5-12)10-14(15-2)13-6-9-17-11-13/h12-15H,3-11H2,1-2H3. The third-order valence-electron chi connectivity index (χ3n) is 4.47. The molecule has 0 saturated carbocycles. The van der Waals surface area contributed by atoms with Crippen molar-refractivity contribution in [2.45, 2.75) is 38.6 Å². The van der Waals surface area contributed by atoms with Crippen LogP contribution in [-0.4, -0.2) is 50.8 Å². The molecule has 3 unspecified atom stereocenters. The van der Waals surface area contributed by atoms with Crippen molar-refractivity contribution < 1.29 is 4.74 Å². The highest BCUT2D eigenvalue weighted by Crippen LogP contribution is 2.20. The van der Waals surface area contributed by atoms with Crippen molar-refractivity contribution >= 4 is 0 Å². The Labute approximate surface area is 106 Å². The summed E-state index contributed by atoms with van der Waals surface area (Å²) in [6.07, 6.45) is 5.39. The molecule has 0 aromatic rings. The van der Waals surface area contributed by atoms with Crippen LogP contribution >= 0.6 is 0 Å². The maximum absolute atomic E-state index is 5.51. The number of hydrogen-bond donors (Lipinski definition) is 1. The molecule has 3 heteroatoms. The number of likely N-dealkylation sites (N-methyl/N-ethyl adjacent to an activating group) is 1. The van der Waals surface area contributed by atoms with Crippen molar-refractivity contribution in [2.75, 3.05) is 39.9 Å². The smallest absolute Gasteiger partial charge is 0.0510 e. The second-order valence-electron chi connectivity index (χ2n) is 5.86. The second-order valence-corrected chi connectivity index (χ2v) is 5.86. The van der Waals surface area contributed by atoms with E-state index in [1.807, 2.05) is 0 Å². The van der Waals surface area contributed by atoms with Crippen molar-refractivity contribution in [3.63, 3.8) is 0 Å². The van der Waals surface area contributed by atoms with Gasteiger partial charge in [0.25, 0.3) is 0 Å². The first-order valence-corrected chi connectivity index (χ1v) is 7.27. The molecule has 2 rings (SSSR count). The monoisotopic (exact) mass is 240 g/mol. The molecule has 0 amide bonds. The Morgan fingerprint density at radius 3 is 2.88 bits per heavy atom. The largest absolute Gasteiger partial charge is 0.381 e. The molecule has 17 heavy (non-hydrogen) atoms. The Bertz CT molecular complexity index is 216. The van der Waals surface area contributed by atoms with Gasteiger partial charge < -0.3 is 15.0 Å². The van der Waals surface area contributed by atoms with Crippen LogP contribution in [0, 0.1) is 11.8 Å². The lowest BCUT2D eigenvalue weighted by atomic mass is 9.98. The summed E-state index contributed by atoms with van der Waals surface area (Å²) in [5.74, 6) is 1.64. The molecule has 2 saturated heterocycles. The predicted molar refractivity (Wildman–Crippen MR) is 71.2 cm³/mol. The van der Waals surface area contributed by atoms with Gasteiger partial charge in [-0.2, -0.15) is 0 Å². The van der Waals surface area contributed by atoms with E-state index in [2.05, 4.69) is 24.2 Å². The Kier molecular flexibility index (Phi) is 5.26. The van der Waals surface area contributed by atoms with Gasteiger partial charge in [-0.25, -0.2) is 0 Å². The summed E-state index contributed by atoms with van der Waals surface area (Å²) in [5, 5.41) is 3.50. The molecule has 0 aromatic heterocycles. The molecule has 2 fully saturated rings. The van der Waals surface area contributed by atoms with Gasteiger partial charge in [0.15, 0.2) is 0 Å². The minimum absolute atomic E-state index is 0.617. The van der Waals surface area contributed by atoms with E-state index in [4.69, 9.17) is 4.74 Å². The minimum Gasteiger partial charge on any atom is -0.381 e. The molecular formula is C14H28N2O. The summed E-state index contributed by atoms with van der Waals surface area (Å²) in [6, 6.07) is 0.617. The van der Waals surface area contributed by atoms with E-state index in [-0.39, 0.29) is 0 Å². The van der Waals surface area contributed by atoms with Crippen LogP contribution in [-0.2, 0) is 4.74 Å². The first-order chi connectivity index (χ1) is 8.29. The van der Waals surface area contributed by atoms with Gasteiger partial charge >= 0.3 is 0 Å². The SMILES string of the molecule is CNC(CN1CCCC(C)CC1)C1CCOC1. The number of hydrogen-bond acceptors (Lipinski definition) is 3. The highest BCUT2D eigenvalue weighted by molar-refractivity contribution is 4.82. The summed E-state index contributed by atoms with van der Waals surface area (Å²) in [7, 11) is 2.10. The first-order valence-electron chi connectivity index (χ1n) is 7.27. The normalized spacial score (nSPS) is 33.5. The van der Waals surface area contributed by atoms with E-state index >= 15 is 0 Å². The number of rotatable bonds is 4. The lowest BCUT2D eigenvalue weighted by molar-refractivity contribution is 0.163.